The molecule has 1 fully saturated rings. The van der Waals surface area contributed by atoms with Crippen molar-refractivity contribution in [1.82, 2.24) is 15.3 Å². The minimum Gasteiger partial charge on any atom is -0.354 e. The molecule has 1 aliphatic rings. The van der Waals surface area contributed by atoms with E-state index in [1.54, 1.807) is 0 Å². The zero-order chi connectivity index (χ0) is 11.5. The zero-order valence-corrected chi connectivity index (χ0v) is 10.1. The van der Waals surface area contributed by atoms with Gasteiger partial charge in [0.15, 0.2) is 0 Å². The van der Waals surface area contributed by atoms with Crippen molar-refractivity contribution < 1.29 is 0 Å². The highest BCUT2D eigenvalue weighted by Gasteiger charge is 2.17. The maximum atomic E-state index is 4.54. The van der Waals surface area contributed by atoms with Gasteiger partial charge in [0.1, 0.15) is 5.82 Å². The average Bonchev–Trinajstić information content (AvgIpc) is 2.29. The smallest absolute Gasteiger partial charge is 0.226 e. The number of hydrogen-bond acceptors (Lipinski definition) is 5. The Hall–Kier alpha value is -1.36. The van der Waals surface area contributed by atoms with E-state index >= 15 is 0 Å². The molecule has 0 saturated carbocycles. The third-order valence-corrected chi connectivity index (χ3v) is 2.72. The quantitative estimate of drug-likeness (QED) is 0.780. The molecule has 1 aliphatic heterocycles. The van der Waals surface area contributed by atoms with E-state index in [4.69, 9.17) is 0 Å². The summed E-state index contributed by atoms with van der Waals surface area (Å²) < 4.78 is 0. The van der Waals surface area contributed by atoms with Crippen molar-refractivity contribution in [3.63, 3.8) is 0 Å². The van der Waals surface area contributed by atoms with E-state index < -0.39 is 0 Å². The lowest BCUT2D eigenvalue weighted by atomic mass is 10.2. The van der Waals surface area contributed by atoms with Crippen LogP contribution >= 0.6 is 0 Å². The van der Waals surface area contributed by atoms with Crippen LogP contribution in [-0.4, -0.2) is 49.7 Å². The molecule has 1 atom stereocenters. The van der Waals surface area contributed by atoms with Crippen LogP contribution in [0.1, 0.15) is 6.92 Å². The second kappa shape index (κ2) is 4.65. The second-order valence-electron chi connectivity index (χ2n) is 4.41. The molecule has 2 heterocycles. The normalized spacial score (nSPS) is 20.9. The molecule has 1 aromatic heterocycles. The number of aromatic nitrogens is 2. The average molecular weight is 221 g/mol. The Bertz CT molecular complexity index is 352. The van der Waals surface area contributed by atoms with Crippen LogP contribution in [0.25, 0.3) is 0 Å². The fourth-order valence-corrected chi connectivity index (χ4v) is 1.87. The van der Waals surface area contributed by atoms with Crippen LogP contribution < -0.4 is 15.1 Å². The minimum absolute atomic E-state index is 0.520. The van der Waals surface area contributed by atoms with Gasteiger partial charge in [-0.25, -0.2) is 4.98 Å². The summed E-state index contributed by atoms with van der Waals surface area (Å²) in [6, 6.07) is 2.50. The molecule has 2 rings (SSSR count). The van der Waals surface area contributed by atoms with Gasteiger partial charge in [-0.3, -0.25) is 0 Å². The third-order valence-electron chi connectivity index (χ3n) is 2.72. The zero-order valence-electron chi connectivity index (χ0n) is 10.1. The summed E-state index contributed by atoms with van der Waals surface area (Å²) in [5, 5.41) is 3.42. The van der Waals surface area contributed by atoms with E-state index in [1.807, 2.05) is 31.3 Å². The summed E-state index contributed by atoms with van der Waals surface area (Å²) in [6.07, 6.45) is 1.82. The van der Waals surface area contributed by atoms with E-state index in [-0.39, 0.29) is 0 Å². The Morgan fingerprint density at radius 1 is 1.50 bits per heavy atom. The van der Waals surface area contributed by atoms with E-state index in [0.717, 1.165) is 31.4 Å². The van der Waals surface area contributed by atoms with Crippen molar-refractivity contribution in [2.75, 3.05) is 43.5 Å². The van der Waals surface area contributed by atoms with Crippen molar-refractivity contribution >= 4 is 11.8 Å². The number of anilines is 2. The predicted octanol–water partition coefficient (Wildman–Crippen LogP) is 0.341. The molecular weight excluding hydrogens is 202 g/mol. The summed E-state index contributed by atoms with van der Waals surface area (Å²) in [7, 11) is 3.92. The SMILES string of the molecule is C[C@@H]1CN(c2ccnc(N(C)C)n2)CCN1. The van der Waals surface area contributed by atoms with Gasteiger partial charge in [0, 0.05) is 46.0 Å². The van der Waals surface area contributed by atoms with Gasteiger partial charge < -0.3 is 15.1 Å². The van der Waals surface area contributed by atoms with E-state index in [1.165, 1.54) is 0 Å². The number of rotatable bonds is 2. The monoisotopic (exact) mass is 221 g/mol. The Morgan fingerprint density at radius 2 is 2.31 bits per heavy atom. The van der Waals surface area contributed by atoms with Crippen molar-refractivity contribution in [2.45, 2.75) is 13.0 Å². The third kappa shape index (κ3) is 2.41. The van der Waals surface area contributed by atoms with E-state index in [0.29, 0.717) is 6.04 Å². The standard InChI is InChI=1S/C11H19N5/c1-9-8-16(7-6-12-9)10-4-5-13-11(14-10)15(2)3/h4-5,9,12H,6-8H2,1-3H3/t9-/m1/s1. The minimum atomic E-state index is 0.520. The van der Waals surface area contributed by atoms with Gasteiger partial charge in [0.05, 0.1) is 0 Å². The molecule has 5 heteroatoms. The first-order chi connectivity index (χ1) is 7.66. The molecule has 16 heavy (non-hydrogen) atoms. The van der Waals surface area contributed by atoms with Crippen LogP contribution in [0.5, 0.6) is 0 Å². The molecule has 88 valence electrons. The molecule has 0 aliphatic carbocycles. The summed E-state index contributed by atoms with van der Waals surface area (Å²) in [6.45, 7) is 5.22. The Kier molecular flexibility index (Phi) is 3.24. The van der Waals surface area contributed by atoms with Crippen LogP contribution in [0.3, 0.4) is 0 Å². The fourth-order valence-electron chi connectivity index (χ4n) is 1.87. The molecule has 0 spiro atoms. The largest absolute Gasteiger partial charge is 0.354 e. The Balaban J connectivity index is 2.16. The molecule has 0 radical (unpaired) electrons. The maximum Gasteiger partial charge on any atom is 0.226 e. The topological polar surface area (TPSA) is 44.3 Å². The lowest BCUT2D eigenvalue weighted by Gasteiger charge is -2.32. The fraction of sp³-hybridized carbons (Fsp3) is 0.636. The number of hydrogen-bond donors (Lipinski definition) is 1. The first-order valence-corrected chi connectivity index (χ1v) is 5.65. The van der Waals surface area contributed by atoms with Gasteiger partial charge >= 0.3 is 0 Å². The number of nitrogens with zero attached hydrogens (tertiary/aromatic N) is 4. The number of nitrogens with one attached hydrogen (secondary N) is 1. The molecule has 1 aromatic rings. The van der Waals surface area contributed by atoms with Crippen LogP contribution in [0.4, 0.5) is 11.8 Å². The molecule has 0 amide bonds. The summed E-state index contributed by atoms with van der Waals surface area (Å²) in [4.78, 5) is 13.0. The van der Waals surface area contributed by atoms with Crippen LogP contribution in [0.15, 0.2) is 12.3 Å². The molecule has 0 aromatic carbocycles. The lowest BCUT2D eigenvalue weighted by Crippen LogP contribution is -2.49. The highest BCUT2D eigenvalue weighted by atomic mass is 15.3. The molecule has 0 unspecified atom stereocenters. The number of piperazine rings is 1. The molecule has 1 N–H and O–H groups in total. The van der Waals surface area contributed by atoms with Crippen LogP contribution in [0, 0.1) is 0 Å². The van der Waals surface area contributed by atoms with Crippen molar-refractivity contribution in [2.24, 2.45) is 0 Å². The molecule has 5 nitrogen and oxygen atoms in total. The molecular formula is C11H19N5. The van der Waals surface area contributed by atoms with E-state index in [9.17, 15) is 0 Å². The highest BCUT2D eigenvalue weighted by Crippen LogP contribution is 2.14. The molecule has 0 bridgehead atoms. The summed E-state index contributed by atoms with van der Waals surface area (Å²) in [5.74, 6) is 1.79. The highest BCUT2D eigenvalue weighted by molar-refractivity contribution is 5.43. The van der Waals surface area contributed by atoms with Gasteiger partial charge in [-0.05, 0) is 13.0 Å². The maximum absolute atomic E-state index is 4.54. The van der Waals surface area contributed by atoms with Crippen molar-refractivity contribution in [3.05, 3.63) is 12.3 Å². The Morgan fingerprint density at radius 3 is 3.00 bits per heavy atom. The van der Waals surface area contributed by atoms with Crippen LogP contribution in [-0.2, 0) is 0 Å². The van der Waals surface area contributed by atoms with Gasteiger partial charge in [0.25, 0.3) is 0 Å². The van der Waals surface area contributed by atoms with Gasteiger partial charge in [-0.15, -0.1) is 0 Å². The van der Waals surface area contributed by atoms with Gasteiger partial charge in [0.2, 0.25) is 5.95 Å². The summed E-state index contributed by atoms with van der Waals surface area (Å²) >= 11 is 0. The lowest BCUT2D eigenvalue weighted by molar-refractivity contribution is 0.482. The van der Waals surface area contributed by atoms with Gasteiger partial charge in [-0.2, -0.15) is 4.98 Å². The van der Waals surface area contributed by atoms with Crippen molar-refractivity contribution in [1.29, 1.82) is 0 Å². The van der Waals surface area contributed by atoms with Crippen molar-refractivity contribution in [3.8, 4) is 0 Å². The molecule has 1 saturated heterocycles. The second-order valence-corrected chi connectivity index (χ2v) is 4.41. The first-order valence-electron chi connectivity index (χ1n) is 5.65. The summed E-state index contributed by atoms with van der Waals surface area (Å²) in [5.41, 5.74) is 0. The van der Waals surface area contributed by atoms with Crippen LogP contribution in [0.2, 0.25) is 0 Å². The van der Waals surface area contributed by atoms with Gasteiger partial charge in [-0.1, -0.05) is 0 Å². The van der Waals surface area contributed by atoms with E-state index in [2.05, 4.69) is 27.1 Å². The first kappa shape index (κ1) is 11.1. The predicted molar refractivity (Wildman–Crippen MR) is 66.0 cm³/mol. The Labute approximate surface area is 96.5 Å².